The van der Waals surface area contributed by atoms with Crippen LogP contribution in [0.15, 0.2) is 30.7 Å². The van der Waals surface area contributed by atoms with Crippen molar-refractivity contribution in [3.63, 3.8) is 0 Å². The minimum Gasteiger partial charge on any atom is -0.350 e. The van der Waals surface area contributed by atoms with Gasteiger partial charge in [-0.2, -0.15) is 0 Å². The van der Waals surface area contributed by atoms with Gasteiger partial charge >= 0.3 is 0 Å². The zero-order valence-corrected chi connectivity index (χ0v) is 14.4. The number of rotatable bonds is 2. The fourth-order valence-corrected chi connectivity index (χ4v) is 1.90. The van der Waals surface area contributed by atoms with Crippen molar-refractivity contribution in [2.45, 2.75) is 20.8 Å². The number of aromatic nitrogens is 2. The van der Waals surface area contributed by atoms with Crippen LogP contribution in [-0.4, -0.2) is 22.4 Å². The molecule has 0 saturated carbocycles. The molecule has 4 nitrogen and oxygen atoms in total. The molecule has 2 aromatic rings. The van der Waals surface area contributed by atoms with Gasteiger partial charge in [0.15, 0.2) is 11.5 Å². The zero-order valence-electron chi connectivity index (χ0n) is 13.7. The zero-order chi connectivity index (χ0) is 17.7. The van der Waals surface area contributed by atoms with Gasteiger partial charge in [-0.3, -0.25) is 9.78 Å². The summed E-state index contributed by atoms with van der Waals surface area (Å²) in [6.45, 7) is 6.34. The van der Waals surface area contributed by atoms with Crippen molar-refractivity contribution in [2.75, 3.05) is 6.54 Å². The number of hydrogen-bond donors (Lipinski definition) is 1. The highest BCUT2D eigenvalue weighted by molar-refractivity contribution is 6.30. The number of nitrogens with one attached hydrogen (secondary N) is 1. The average Bonchev–Trinajstić information content (AvgIpc) is 2.50. The lowest BCUT2D eigenvalue weighted by Gasteiger charge is -2.18. The molecule has 124 valence electrons. The van der Waals surface area contributed by atoms with Crippen LogP contribution in [0.25, 0.3) is 0 Å². The lowest BCUT2D eigenvalue weighted by molar-refractivity contribution is 0.0930. The van der Waals surface area contributed by atoms with Crippen molar-refractivity contribution in [2.24, 2.45) is 5.41 Å². The summed E-state index contributed by atoms with van der Waals surface area (Å²) >= 11 is 5.82. The molecule has 0 spiro atoms. The van der Waals surface area contributed by atoms with Gasteiger partial charge in [-0.1, -0.05) is 44.2 Å². The van der Waals surface area contributed by atoms with Crippen LogP contribution < -0.4 is 5.32 Å². The summed E-state index contributed by atoms with van der Waals surface area (Å²) in [7, 11) is 0. The predicted molar refractivity (Wildman–Crippen MR) is 91.2 cm³/mol. The van der Waals surface area contributed by atoms with Crippen molar-refractivity contribution in [1.82, 2.24) is 15.3 Å². The third-order valence-electron chi connectivity index (χ3n) is 2.89. The standard InChI is InChI=1S/C18H17ClFN3O/c1-18(2,3)11-23-17(24)16-15(20)7-13(9-22-16)5-4-12-6-14(19)10-21-8-12/h6-10H,11H2,1-3H3,(H,23,24). The number of nitrogens with zero attached hydrogens (tertiary/aromatic N) is 2. The van der Waals surface area contributed by atoms with E-state index >= 15 is 0 Å². The fraction of sp³-hybridized carbons (Fsp3) is 0.278. The van der Waals surface area contributed by atoms with Crippen molar-refractivity contribution < 1.29 is 9.18 Å². The van der Waals surface area contributed by atoms with Crippen molar-refractivity contribution in [1.29, 1.82) is 0 Å². The third-order valence-corrected chi connectivity index (χ3v) is 3.10. The van der Waals surface area contributed by atoms with Crippen molar-refractivity contribution in [3.05, 3.63) is 58.4 Å². The molecule has 0 radical (unpaired) electrons. The predicted octanol–water partition coefficient (Wildman–Crippen LogP) is 3.44. The van der Waals surface area contributed by atoms with E-state index in [-0.39, 0.29) is 11.1 Å². The Morgan fingerprint density at radius 3 is 2.46 bits per heavy atom. The Kier molecular flexibility index (Phi) is 5.53. The lowest BCUT2D eigenvalue weighted by Crippen LogP contribution is -2.33. The van der Waals surface area contributed by atoms with Crippen molar-refractivity contribution in [3.8, 4) is 11.8 Å². The van der Waals surface area contributed by atoms with Gasteiger partial charge in [0.05, 0.1) is 5.02 Å². The molecule has 2 heterocycles. The van der Waals surface area contributed by atoms with Crippen LogP contribution in [-0.2, 0) is 0 Å². The van der Waals surface area contributed by atoms with E-state index in [4.69, 9.17) is 11.6 Å². The second-order valence-electron chi connectivity index (χ2n) is 6.44. The minimum absolute atomic E-state index is 0.0947. The molecule has 0 saturated heterocycles. The van der Waals surface area contributed by atoms with Gasteiger partial charge in [-0.15, -0.1) is 0 Å². The van der Waals surface area contributed by atoms with Crippen LogP contribution >= 0.6 is 11.6 Å². The van der Waals surface area contributed by atoms with E-state index in [2.05, 4.69) is 27.1 Å². The minimum atomic E-state index is -0.711. The molecule has 0 aromatic carbocycles. The van der Waals surface area contributed by atoms with Gasteiger partial charge < -0.3 is 5.32 Å². The topological polar surface area (TPSA) is 54.9 Å². The Morgan fingerprint density at radius 1 is 1.21 bits per heavy atom. The van der Waals surface area contributed by atoms with Gasteiger partial charge in [0.2, 0.25) is 0 Å². The van der Waals surface area contributed by atoms with Gasteiger partial charge in [-0.25, -0.2) is 9.37 Å². The number of pyridine rings is 2. The van der Waals surface area contributed by atoms with E-state index in [9.17, 15) is 9.18 Å². The molecule has 0 fully saturated rings. The molecule has 2 aromatic heterocycles. The maximum Gasteiger partial charge on any atom is 0.272 e. The molecule has 0 aliphatic carbocycles. The lowest BCUT2D eigenvalue weighted by atomic mass is 9.97. The molecule has 1 N–H and O–H groups in total. The second kappa shape index (κ2) is 7.41. The quantitative estimate of drug-likeness (QED) is 0.848. The number of carbonyl (C=O) groups is 1. The monoisotopic (exact) mass is 345 g/mol. The Morgan fingerprint density at radius 2 is 1.88 bits per heavy atom. The molecule has 0 bridgehead atoms. The van der Waals surface area contributed by atoms with Crippen molar-refractivity contribution >= 4 is 17.5 Å². The summed E-state index contributed by atoms with van der Waals surface area (Å²) in [5.41, 5.74) is 0.631. The smallest absolute Gasteiger partial charge is 0.272 e. The normalized spacial score (nSPS) is 10.7. The summed E-state index contributed by atoms with van der Waals surface area (Å²) in [6, 6.07) is 2.84. The molecule has 0 unspecified atom stereocenters. The number of amides is 1. The first-order chi connectivity index (χ1) is 11.2. The van der Waals surface area contributed by atoms with E-state index in [0.717, 1.165) is 0 Å². The molecule has 24 heavy (non-hydrogen) atoms. The molecular formula is C18H17ClFN3O. The number of hydrogen-bond acceptors (Lipinski definition) is 3. The highest BCUT2D eigenvalue weighted by Crippen LogP contribution is 2.12. The van der Waals surface area contributed by atoms with Gasteiger partial charge in [0.1, 0.15) is 0 Å². The van der Waals surface area contributed by atoms with Crippen LogP contribution in [0.3, 0.4) is 0 Å². The maximum absolute atomic E-state index is 14.1. The van der Waals surface area contributed by atoms with Gasteiger partial charge in [-0.05, 0) is 17.5 Å². The summed E-state index contributed by atoms with van der Waals surface area (Å²) in [4.78, 5) is 19.8. The first-order valence-electron chi connectivity index (χ1n) is 7.31. The summed E-state index contributed by atoms with van der Waals surface area (Å²) in [6.07, 6.45) is 4.41. The fourth-order valence-electron chi connectivity index (χ4n) is 1.73. The van der Waals surface area contributed by atoms with Crippen LogP contribution in [0.1, 0.15) is 42.4 Å². The van der Waals surface area contributed by atoms with E-state index in [0.29, 0.717) is 22.7 Å². The highest BCUT2D eigenvalue weighted by Gasteiger charge is 2.17. The molecule has 6 heteroatoms. The number of carbonyl (C=O) groups excluding carboxylic acids is 1. The second-order valence-corrected chi connectivity index (χ2v) is 6.88. The summed E-state index contributed by atoms with van der Waals surface area (Å²) in [5.74, 6) is 4.34. The SMILES string of the molecule is CC(C)(C)CNC(=O)c1ncc(C#Cc2cncc(Cl)c2)cc1F. The highest BCUT2D eigenvalue weighted by atomic mass is 35.5. The Bertz CT molecular complexity index is 819. The molecule has 0 aliphatic rings. The Labute approximate surface area is 145 Å². The molecule has 0 atom stereocenters. The Hall–Kier alpha value is -2.45. The largest absolute Gasteiger partial charge is 0.350 e. The van der Waals surface area contributed by atoms with Crippen LogP contribution in [0.5, 0.6) is 0 Å². The average molecular weight is 346 g/mol. The molecule has 0 aliphatic heterocycles. The first-order valence-corrected chi connectivity index (χ1v) is 7.69. The summed E-state index contributed by atoms with van der Waals surface area (Å²) in [5, 5.41) is 3.13. The maximum atomic E-state index is 14.1. The van der Waals surface area contributed by atoms with E-state index < -0.39 is 11.7 Å². The van der Waals surface area contributed by atoms with E-state index in [1.807, 2.05) is 20.8 Å². The van der Waals surface area contributed by atoms with Crippen LogP contribution in [0, 0.1) is 23.1 Å². The summed E-state index contributed by atoms with van der Waals surface area (Å²) < 4.78 is 14.1. The first kappa shape index (κ1) is 17.9. The Balaban J connectivity index is 2.14. The van der Waals surface area contributed by atoms with Crippen LogP contribution in [0.4, 0.5) is 4.39 Å². The molecule has 2 rings (SSSR count). The van der Waals surface area contributed by atoms with Gasteiger partial charge in [0.25, 0.3) is 5.91 Å². The molecule has 1 amide bonds. The van der Waals surface area contributed by atoms with Gasteiger partial charge in [0, 0.05) is 36.3 Å². The van der Waals surface area contributed by atoms with E-state index in [1.54, 1.807) is 12.3 Å². The third kappa shape index (κ3) is 5.32. The molecular weight excluding hydrogens is 329 g/mol. The van der Waals surface area contributed by atoms with Crippen LogP contribution in [0.2, 0.25) is 5.02 Å². The van der Waals surface area contributed by atoms with E-state index in [1.165, 1.54) is 18.5 Å². The number of halogens is 2.